The summed E-state index contributed by atoms with van der Waals surface area (Å²) in [6.07, 6.45) is 0. The highest BCUT2D eigenvalue weighted by atomic mass is 32.2. The van der Waals surface area contributed by atoms with Crippen LogP contribution in [0, 0.1) is 27.7 Å². The van der Waals surface area contributed by atoms with Gasteiger partial charge in [0, 0.05) is 4.90 Å². The topological polar surface area (TPSA) is 98.5 Å². The van der Waals surface area contributed by atoms with Crippen molar-refractivity contribution < 1.29 is 19.1 Å². The van der Waals surface area contributed by atoms with Gasteiger partial charge >= 0.3 is 5.97 Å². The fourth-order valence-corrected chi connectivity index (χ4v) is 4.96. The molecule has 8 heteroatoms. The van der Waals surface area contributed by atoms with E-state index in [2.05, 4.69) is 17.4 Å². The number of carbonyl (C=O) groups excluding carboxylic acids is 3. The van der Waals surface area contributed by atoms with Crippen LogP contribution in [-0.2, 0) is 9.53 Å². The second-order valence-electron chi connectivity index (χ2n) is 6.41. The lowest BCUT2D eigenvalue weighted by Gasteiger charge is -2.11. The van der Waals surface area contributed by atoms with Crippen LogP contribution in [0.1, 0.15) is 49.2 Å². The molecule has 0 atom stereocenters. The number of nitrogens with two attached hydrogens (primary N) is 1. The maximum Gasteiger partial charge on any atom is 0.341 e. The molecule has 1 heterocycles. The van der Waals surface area contributed by atoms with E-state index in [1.165, 1.54) is 17.3 Å². The van der Waals surface area contributed by atoms with Crippen molar-refractivity contribution in [2.45, 2.75) is 39.5 Å². The van der Waals surface area contributed by atoms with Crippen molar-refractivity contribution in [3.63, 3.8) is 0 Å². The maximum atomic E-state index is 12.5. The van der Waals surface area contributed by atoms with E-state index in [0.717, 1.165) is 27.4 Å². The summed E-state index contributed by atoms with van der Waals surface area (Å²) in [5.41, 5.74) is 9.40. The van der Waals surface area contributed by atoms with Crippen LogP contribution in [0.3, 0.4) is 0 Å². The second-order valence-corrected chi connectivity index (χ2v) is 8.42. The van der Waals surface area contributed by atoms with E-state index >= 15 is 0 Å². The predicted octanol–water partition coefficient (Wildman–Crippen LogP) is 3.99. The number of nitrogens with one attached hydrogen (secondary N) is 1. The molecule has 3 N–H and O–H groups in total. The van der Waals surface area contributed by atoms with E-state index < -0.39 is 11.9 Å². The molecule has 0 radical (unpaired) electrons. The minimum atomic E-state index is -0.645. The Labute approximate surface area is 172 Å². The largest absolute Gasteiger partial charge is 0.462 e. The quantitative estimate of drug-likeness (QED) is 0.521. The van der Waals surface area contributed by atoms with Gasteiger partial charge in [-0.2, -0.15) is 0 Å². The minimum Gasteiger partial charge on any atom is -0.462 e. The fraction of sp³-hybridized carbons (Fsp3) is 0.350. The van der Waals surface area contributed by atoms with Crippen molar-refractivity contribution in [1.29, 1.82) is 0 Å². The van der Waals surface area contributed by atoms with Crippen LogP contribution < -0.4 is 11.1 Å². The highest BCUT2D eigenvalue weighted by Gasteiger charge is 2.25. The van der Waals surface area contributed by atoms with Crippen molar-refractivity contribution in [3.8, 4) is 0 Å². The van der Waals surface area contributed by atoms with Gasteiger partial charge in [-0.15, -0.1) is 23.1 Å². The third kappa shape index (κ3) is 4.94. The molecule has 0 fully saturated rings. The molecule has 28 heavy (non-hydrogen) atoms. The number of ether oxygens (including phenoxy) is 1. The molecular formula is C20H24N2O4S2. The Hall–Kier alpha value is -2.32. The minimum absolute atomic E-state index is 0.176. The molecule has 0 bridgehead atoms. The van der Waals surface area contributed by atoms with Crippen molar-refractivity contribution >= 4 is 45.9 Å². The first-order chi connectivity index (χ1) is 13.1. The zero-order valence-electron chi connectivity index (χ0n) is 16.6. The summed E-state index contributed by atoms with van der Waals surface area (Å²) in [5, 5.41) is 3.02. The molecule has 2 amide bonds. The molecule has 0 aliphatic rings. The summed E-state index contributed by atoms with van der Waals surface area (Å²) < 4.78 is 5.06. The Morgan fingerprint density at radius 3 is 2.29 bits per heavy atom. The third-order valence-corrected chi connectivity index (χ3v) is 6.62. The number of esters is 1. The van der Waals surface area contributed by atoms with Crippen molar-refractivity contribution in [2.24, 2.45) is 5.73 Å². The van der Waals surface area contributed by atoms with Crippen LogP contribution in [0.2, 0.25) is 0 Å². The van der Waals surface area contributed by atoms with Gasteiger partial charge < -0.3 is 15.8 Å². The summed E-state index contributed by atoms with van der Waals surface area (Å²) in [6.45, 7) is 9.56. The maximum absolute atomic E-state index is 12.5. The number of hydrogen-bond donors (Lipinski definition) is 2. The summed E-state index contributed by atoms with van der Waals surface area (Å²) in [6, 6.07) is 4.15. The Morgan fingerprint density at radius 2 is 1.75 bits per heavy atom. The Bertz CT molecular complexity index is 912. The molecule has 2 aromatic rings. The Morgan fingerprint density at radius 1 is 1.14 bits per heavy atom. The molecule has 0 unspecified atom stereocenters. The first kappa shape index (κ1) is 22.0. The number of thioether (sulfide) groups is 1. The first-order valence-electron chi connectivity index (χ1n) is 8.76. The average Bonchev–Trinajstić information content (AvgIpc) is 2.90. The molecular weight excluding hydrogens is 396 g/mol. The zero-order chi connectivity index (χ0) is 21.0. The number of amides is 2. The lowest BCUT2D eigenvalue weighted by molar-refractivity contribution is -0.113. The van der Waals surface area contributed by atoms with Gasteiger partial charge in [0.15, 0.2) is 0 Å². The van der Waals surface area contributed by atoms with E-state index in [1.54, 1.807) is 13.8 Å². The Kier molecular flexibility index (Phi) is 7.26. The molecule has 1 aromatic heterocycles. The van der Waals surface area contributed by atoms with E-state index in [9.17, 15) is 14.4 Å². The van der Waals surface area contributed by atoms with Gasteiger partial charge in [0.2, 0.25) is 5.91 Å². The van der Waals surface area contributed by atoms with E-state index in [1.807, 2.05) is 20.8 Å². The standard InChI is InChI=1S/C20H24N2O4S2/c1-6-26-20(25)15-13(5)17(18(21)24)28-19(15)22-14(23)9-27-16-11(3)7-10(2)8-12(16)4/h7-8H,6,9H2,1-5H3,(H2,21,24)(H,22,23). The summed E-state index contributed by atoms with van der Waals surface area (Å²) in [7, 11) is 0. The number of aryl methyl sites for hydroxylation is 3. The van der Waals surface area contributed by atoms with Gasteiger partial charge in [-0.05, 0) is 51.3 Å². The number of primary amides is 1. The molecule has 0 saturated heterocycles. The van der Waals surface area contributed by atoms with Gasteiger partial charge in [0.1, 0.15) is 5.00 Å². The van der Waals surface area contributed by atoms with Crippen LogP contribution in [0.15, 0.2) is 17.0 Å². The highest BCUT2D eigenvalue weighted by molar-refractivity contribution is 8.00. The van der Waals surface area contributed by atoms with Crippen molar-refractivity contribution in [3.05, 3.63) is 44.8 Å². The first-order valence-corrected chi connectivity index (χ1v) is 10.6. The van der Waals surface area contributed by atoms with Crippen LogP contribution in [0.25, 0.3) is 0 Å². The third-order valence-electron chi connectivity index (χ3n) is 4.06. The van der Waals surface area contributed by atoms with Crippen molar-refractivity contribution in [1.82, 2.24) is 0 Å². The van der Waals surface area contributed by atoms with E-state index in [-0.39, 0.29) is 33.7 Å². The number of carbonyl (C=O) groups is 3. The fourth-order valence-electron chi connectivity index (χ4n) is 2.98. The molecule has 0 aliphatic carbocycles. The molecule has 2 rings (SSSR count). The molecule has 150 valence electrons. The number of thiophene rings is 1. The van der Waals surface area contributed by atoms with Gasteiger partial charge in [-0.1, -0.05) is 17.7 Å². The second kappa shape index (κ2) is 9.25. The summed E-state index contributed by atoms with van der Waals surface area (Å²) >= 11 is 2.43. The zero-order valence-corrected chi connectivity index (χ0v) is 18.2. The predicted molar refractivity (Wildman–Crippen MR) is 114 cm³/mol. The normalized spacial score (nSPS) is 10.6. The van der Waals surface area contributed by atoms with E-state index in [4.69, 9.17) is 10.5 Å². The van der Waals surface area contributed by atoms with Crippen LogP contribution in [0.4, 0.5) is 5.00 Å². The lowest BCUT2D eigenvalue weighted by Crippen LogP contribution is -2.16. The monoisotopic (exact) mass is 420 g/mol. The van der Waals surface area contributed by atoms with Gasteiger partial charge in [0.25, 0.3) is 5.91 Å². The summed E-state index contributed by atoms with van der Waals surface area (Å²) in [4.78, 5) is 37.7. The van der Waals surface area contributed by atoms with Crippen LogP contribution in [-0.4, -0.2) is 30.1 Å². The van der Waals surface area contributed by atoms with Gasteiger partial charge in [-0.3, -0.25) is 9.59 Å². The van der Waals surface area contributed by atoms with E-state index in [0.29, 0.717) is 5.56 Å². The molecule has 0 spiro atoms. The van der Waals surface area contributed by atoms with Gasteiger partial charge in [-0.25, -0.2) is 4.79 Å². The highest BCUT2D eigenvalue weighted by Crippen LogP contribution is 2.34. The molecule has 1 aromatic carbocycles. The molecule has 0 aliphatic heterocycles. The van der Waals surface area contributed by atoms with Crippen LogP contribution in [0.5, 0.6) is 0 Å². The molecule has 6 nitrogen and oxygen atoms in total. The smallest absolute Gasteiger partial charge is 0.341 e. The average molecular weight is 421 g/mol. The Balaban J connectivity index is 2.21. The molecule has 0 saturated carbocycles. The van der Waals surface area contributed by atoms with Crippen LogP contribution >= 0.6 is 23.1 Å². The number of anilines is 1. The van der Waals surface area contributed by atoms with Crippen molar-refractivity contribution in [2.75, 3.05) is 17.7 Å². The lowest BCUT2D eigenvalue weighted by atomic mass is 10.1. The number of hydrogen-bond acceptors (Lipinski definition) is 6. The SMILES string of the molecule is CCOC(=O)c1c(NC(=O)CSc2c(C)cc(C)cc2C)sc(C(N)=O)c1C. The number of benzene rings is 1. The summed E-state index contributed by atoms with van der Waals surface area (Å²) in [5.74, 6) is -1.33. The van der Waals surface area contributed by atoms with Gasteiger partial charge in [0.05, 0.1) is 22.8 Å². The number of rotatable bonds is 7.